The molecule has 0 bridgehead atoms. The molecule has 7 rings (SSSR count). The van der Waals surface area contributed by atoms with Gasteiger partial charge >= 0.3 is 0 Å². The minimum Gasteiger partial charge on any atom is -0.456 e. The van der Waals surface area contributed by atoms with Gasteiger partial charge in [0.05, 0.1) is 15.7 Å². The summed E-state index contributed by atoms with van der Waals surface area (Å²) in [5, 5.41) is 3.71. The minimum atomic E-state index is -1.44. The van der Waals surface area contributed by atoms with E-state index in [0.717, 1.165) is 39.3 Å². The van der Waals surface area contributed by atoms with E-state index in [0.29, 0.717) is 0 Å². The average molecular weight is 680 g/mol. The van der Waals surface area contributed by atoms with Crippen LogP contribution in [0.4, 0.5) is 0 Å². The van der Waals surface area contributed by atoms with Crippen molar-refractivity contribution in [1.29, 1.82) is 0 Å². The molecule has 0 amide bonds. The van der Waals surface area contributed by atoms with Crippen molar-refractivity contribution in [3.63, 3.8) is 0 Å². The lowest BCUT2D eigenvalue weighted by molar-refractivity contribution is 0.404. The molecule has 0 saturated carbocycles. The highest BCUT2D eigenvalue weighted by molar-refractivity contribution is 7.84. The van der Waals surface area contributed by atoms with Crippen LogP contribution in [0.2, 0.25) is 0 Å². The number of para-hydroxylation sites is 2. The van der Waals surface area contributed by atoms with Crippen molar-refractivity contribution in [2.24, 2.45) is 0 Å². The molecule has 1 aliphatic rings. The van der Waals surface area contributed by atoms with Crippen LogP contribution < -0.4 is 25.4 Å². The second kappa shape index (κ2) is 13.2. The Bertz CT molecular complexity index is 2010. The highest BCUT2D eigenvalue weighted by Crippen LogP contribution is 2.54. The summed E-state index contributed by atoms with van der Waals surface area (Å²) in [7, 11) is -2.37. The van der Waals surface area contributed by atoms with Crippen LogP contribution in [0.5, 0.6) is 11.5 Å². The molecule has 0 spiro atoms. The second-order valence-electron chi connectivity index (χ2n) is 14.0. The van der Waals surface area contributed by atoms with E-state index in [4.69, 9.17) is 4.74 Å². The first-order valence-electron chi connectivity index (χ1n) is 16.8. The van der Waals surface area contributed by atoms with Gasteiger partial charge in [0.1, 0.15) is 17.0 Å². The van der Waals surface area contributed by atoms with E-state index in [1.54, 1.807) is 0 Å². The Morgan fingerprint density at radius 3 is 1.51 bits per heavy atom. The van der Waals surface area contributed by atoms with E-state index in [9.17, 15) is 4.21 Å². The zero-order valence-electron chi connectivity index (χ0n) is 28.7. The standard InChI is InChI=1S/C44H42NO2PS/c1-42(2,3)49(46)45-44(32-20-10-6-11-21-32,33-22-12-7-13-23-33)38-30-18-28-36-40(38)47-41-37(43(36,4)5)29-19-31-39(41)48(34-24-14-8-15-25-34)35-26-16-9-17-27-35/h6-31,45H,1-5H3/t49-/m1/s1. The minimum absolute atomic E-state index is 0.383. The molecule has 0 fully saturated rings. The maximum atomic E-state index is 14.3. The molecule has 0 aliphatic carbocycles. The number of hydrogen-bond donors (Lipinski definition) is 1. The van der Waals surface area contributed by atoms with E-state index < -0.39 is 29.2 Å². The van der Waals surface area contributed by atoms with Crippen molar-refractivity contribution in [3.05, 3.63) is 186 Å². The molecule has 1 atom stereocenters. The maximum Gasteiger partial charge on any atom is 0.139 e. The van der Waals surface area contributed by atoms with Gasteiger partial charge in [-0.15, -0.1) is 0 Å². The van der Waals surface area contributed by atoms with Crippen molar-refractivity contribution in [3.8, 4) is 11.5 Å². The van der Waals surface area contributed by atoms with Gasteiger partial charge in [0.15, 0.2) is 0 Å². The Kier molecular flexibility index (Phi) is 8.92. The molecule has 5 heteroatoms. The highest BCUT2D eigenvalue weighted by Gasteiger charge is 2.46. The van der Waals surface area contributed by atoms with Crippen LogP contribution in [0, 0.1) is 0 Å². The Balaban J connectivity index is 1.52. The fourth-order valence-electron chi connectivity index (χ4n) is 6.88. The van der Waals surface area contributed by atoms with Crippen molar-refractivity contribution in [2.45, 2.75) is 50.3 Å². The first-order chi connectivity index (χ1) is 23.6. The van der Waals surface area contributed by atoms with Crippen LogP contribution in [0.15, 0.2) is 158 Å². The van der Waals surface area contributed by atoms with Gasteiger partial charge in [0, 0.05) is 27.4 Å². The Hall–Kier alpha value is -4.34. The van der Waals surface area contributed by atoms with Gasteiger partial charge in [-0.1, -0.05) is 172 Å². The first-order valence-corrected chi connectivity index (χ1v) is 19.3. The third-order valence-electron chi connectivity index (χ3n) is 9.45. The van der Waals surface area contributed by atoms with Gasteiger partial charge in [-0.3, -0.25) is 0 Å². The van der Waals surface area contributed by atoms with Crippen LogP contribution in [0.1, 0.15) is 62.4 Å². The molecule has 1 N–H and O–H groups in total. The largest absolute Gasteiger partial charge is 0.456 e. The molecule has 49 heavy (non-hydrogen) atoms. The molecule has 1 heterocycles. The zero-order valence-corrected chi connectivity index (χ0v) is 30.4. The van der Waals surface area contributed by atoms with Gasteiger partial charge in [0.25, 0.3) is 0 Å². The van der Waals surface area contributed by atoms with Crippen molar-refractivity contribution < 1.29 is 8.95 Å². The number of rotatable bonds is 8. The molecule has 6 aromatic rings. The summed E-state index contributed by atoms with van der Waals surface area (Å²) in [5.41, 5.74) is 3.79. The highest BCUT2D eigenvalue weighted by atomic mass is 32.2. The van der Waals surface area contributed by atoms with Crippen LogP contribution in [-0.2, 0) is 21.9 Å². The van der Waals surface area contributed by atoms with E-state index in [1.165, 1.54) is 15.9 Å². The van der Waals surface area contributed by atoms with Crippen LogP contribution in [0.25, 0.3) is 0 Å². The first kappa shape index (κ1) is 33.2. The number of fused-ring (bicyclic) bond motifs is 2. The molecule has 0 radical (unpaired) electrons. The molecule has 246 valence electrons. The smallest absolute Gasteiger partial charge is 0.139 e. The number of benzene rings is 6. The second-order valence-corrected chi connectivity index (χ2v) is 18.2. The van der Waals surface area contributed by atoms with E-state index in [1.807, 2.05) is 32.9 Å². The summed E-state index contributed by atoms with van der Waals surface area (Å²) >= 11 is 0. The lowest BCUT2D eigenvalue weighted by Gasteiger charge is -2.43. The quantitative estimate of drug-likeness (QED) is 0.129. The normalized spacial score (nSPS) is 14.4. The van der Waals surface area contributed by atoms with Crippen LogP contribution in [0.3, 0.4) is 0 Å². The van der Waals surface area contributed by atoms with Gasteiger partial charge in [0.2, 0.25) is 0 Å². The summed E-state index contributed by atoms with van der Waals surface area (Å²) in [5.74, 6) is 1.70. The molecular weight excluding hydrogens is 638 g/mol. The number of hydrogen-bond acceptors (Lipinski definition) is 2. The molecular formula is C44H42NO2PS. The maximum absolute atomic E-state index is 14.3. The summed E-state index contributed by atoms with van der Waals surface area (Å²) in [4.78, 5) is 0. The van der Waals surface area contributed by atoms with E-state index in [2.05, 4.69) is 164 Å². The number of nitrogens with one attached hydrogen (secondary N) is 1. The monoisotopic (exact) mass is 679 g/mol. The Morgan fingerprint density at radius 1 is 0.571 bits per heavy atom. The Labute approximate surface area is 294 Å². The fraction of sp³-hybridized carbons (Fsp3) is 0.182. The predicted molar refractivity (Wildman–Crippen MR) is 208 cm³/mol. The molecule has 0 aromatic heterocycles. The molecule has 3 nitrogen and oxygen atoms in total. The SMILES string of the molecule is CC1(C)c2cccc(P(c3ccccc3)c3ccccc3)c2Oc2c1cccc2C(N[S@](=O)C(C)(C)C)(c1ccccc1)c1ccccc1. The summed E-state index contributed by atoms with van der Waals surface area (Å²) in [6, 6.07) is 55.4. The molecule has 0 saturated heterocycles. The number of ether oxygens (including phenoxy) is 1. The molecule has 6 aromatic carbocycles. The lowest BCUT2D eigenvalue weighted by Crippen LogP contribution is -2.50. The topological polar surface area (TPSA) is 38.3 Å². The zero-order chi connectivity index (χ0) is 34.2. The van der Waals surface area contributed by atoms with Crippen molar-refractivity contribution in [1.82, 2.24) is 4.72 Å². The van der Waals surface area contributed by atoms with E-state index >= 15 is 0 Å². The molecule has 0 unspecified atom stereocenters. The lowest BCUT2D eigenvalue weighted by atomic mass is 9.71. The summed E-state index contributed by atoms with van der Waals surface area (Å²) in [6.45, 7) is 10.6. The van der Waals surface area contributed by atoms with Gasteiger partial charge in [-0.25, -0.2) is 8.93 Å². The Morgan fingerprint density at radius 2 is 1.02 bits per heavy atom. The van der Waals surface area contributed by atoms with Crippen molar-refractivity contribution in [2.75, 3.05) is 0 Å². The van der Waals surface area contributed by atoms with Crippen LogP contribution >= 0.6 is 7.92 Å². The fourth-order valence-corrected chi connectivity index (χ4v) is 10.2. The average Bonchev–Trinajstić information content (AvgIpc) is 3.12. The third kappa shape index (κ3) is 5.97. The van der Waals surface area contributed by atoms with E-state index in [-0.39, 0.29) is 5.41 Å². The molecule has 1 aliphatic heterocycles. The van der Waals surface area contributed by atoms with Gasteiger partial charge in [-0.05, 0) is 50.4 Å². The van der Waals surface area contributed by atoms with Crippen molar-refractivity contribution >= 4 is 34.8 Å². The van der Waals surface area contributed by atoms with Gasteiger partial charge < -0.3 is 4.74 Å². The predicted octanol–water partition coefficient (Wildman–Crippen LogP) is 9.22. The van der Waals surface area contributed by atoms with Gasteiger partial charge in [-0.2, -0.15) is 0 Å². The summed E-state index contributed by atoms with van der Waals surface area (Å²) in [6.07, 6.45) is 0. The third-order valence-corrected chi connectivity index (χ3v) is 13.5. The van der Waals surface area contributed by atoms with Crippen LogP contribution in [-0.4, -0.2) is 8.96 Å². The summed E-state index contributed by atoms with van der Waals surface area (Å²) < 4.78 is 24.9.